The van der Waals surface area contributed by atoms with Crippen molar-refractivity contribution in [3.63, 3.8) is 0 Å². The molecular formula is C101H90IrN6-6. The van der Waals surface area contributed by atoms with Crippen molar-refractivity contribution in [1.29, 1.82) is 0 Å². The minimum atomic E-state index is -0.473. The van der Waals surface area contributed by atoms with E-state index in [1.807, 2.05) is 0 Å². The maximum Gasteiger partial charge on any atom is 0.0423 e. The van der Waals surface area contributed by atoms with Gasteiger partial charge >= 0.3 is 0 Å². The summed E-state index contributed by atoms with van der Waals surface area (Å²) in [6.07, 6.45) is 9.61. The molecule has 0 bridgehead atoms. The van der Waals surface area contributed by atoms with Gasteiger partial charge in [0.05, 0.1) is 0 Å². The molecular weight excluding hydrogens is 1490 g/mol. The predicted molar refractivity (Wildman–Crippen MR) is 442 cm³/mol. The van der Waals surface area contributed by atoms with Crippen LogP contribution in [0.1, 0.15) is 149 Å². The van der Waals surface area contributed by atoms with Crippen LogP contribution in [-0.2, 0) is 61.0 Å². The minimum absolute atomic E-state index is 0. The van der Waals surface area contributed by atoms with Gasteiger partial charge < -0.3 is 29.4 Å². The first-order valence-electron chi connectivity index (χ1n) is 38.2. The Morgan fingerprint density at radius 3 is 0.824 bits per heavy atom. The number of anilines is 3. The summed E-state index contributed by atoms with van der Waals surface area (Å²) in [6, 6.07) is 106. The summed E-state index contributed by atoms with van der Waals surface area (Å²) in [5.74, 6) is 0. The van der Waals surface area contributed by atoms with E-state index >= 15 is 0 Å². The third-order valence-electron chi connectivity index (χ3n) is 24.5. The topological polar surface area (TPSA) is 19.4 Å². The van der Waals surface area contributed by atoms with Gasteiger partial charge in [-0.15, -0.1) is 68.6 Å². The molecule has 3 aliphatic heterocycles. The van der Waals surface area contributed by atoms with Crippen molar-refractivity contribution in [3.8, 4) is 33.4 Å². The van der Waals surface area contributed by atoms with E-state index in [0.717, 1.165) is 73.1 Å². The zero-order valence-electron chi connectivity index (χ0n) is 63.5. The molecule has 0 saturated heterocycles. The van der Waals surface area contributed by atoms with Gasteiger partial charge in [-0.25, -0.2) is 0 Å². The molecule has 0 atom stereocenters. The summed E-state index contributed by atoms with van der Waals surface area (Å²) in [4.78, 5) is 14.2. The summed E-state index contributed by atoms with van der Waals surface area (Å²) in [5.41, 5.74) is 36.8. The van der Waals surface area contributed by atoms with Gasteiger partial charge in [-0.3, -0.25) is 0 Å². The number of rotatable bonds is 18. The van der Waals surface area contributed by atoms with Crippen molar-refractivity contribution in [2.75, 3.05) is 34.3 Å². The van der Waals surface area contributed by atoms with Gasteiger partial charge in [0.25, 0.3) is 0 Å². The van der Waals surface area contributed by atoms with Crippen molar-refractivity contribution in [2.24, 2.45) is 0 Å². The molecule has 0 unspecified atom stereocenters. The molecule has 108 heavy (non-hydrogen) atoms. The average Bonchev–Trinajstić information content (AvgIpc) is 1.33. The molecule has 539 valence electrons. The van der Waals surface area contributed by atoms with Crippen molar-refractivity contribution in [3.05, 3.63) is 412 Å². The van der Waals surface area contributed by atoms with E-state index < -0.39 is 5.41 Å². The Labute approximate surface area is 654 Å². The Morgan fingerprint density at radius 1 is 0.306 bits per heavy atom. The van der Waals surface area contributed by atoms with E-state index in [1.165, 1.54) is 134 Å². The second kappa shape index (κ2) is 27.5. The van der Waals surface area contributed by atoms with Crippen LogP contribution in [0.2, 0.25) is 0 Å². The van der Waals surface area contributed by atoms with Gasteiger partial charge in [-0.05, 0) is 185 Å². The van der Waals surface area contributed by atoms with Crippen LogP contribution < -0.4 is 14.7 Å². The second-order valence-corrected chi connectivity index (χ2v) is 32.1. The predicted octanol–water partition coefficient (Wildman–Crippen LogP) is 22.7. The molecule has 3 heterocycles. The fraction of sp³-hybridized carbons (Fsp3) is 0.198. The van der Waals surface area contributed by atoms with E-state index in [4.69, 9.17) is 0 Å². The van der Waals surface area contributed by atoms with E-state index in [0.29, 0.717) is 0 Å². The average molecular weight is 1580 g/mol. The van der Waals surface area contributed by atoms with Crippen molar-refractivity contribution in [1.82, 2.24) is 14.7 Å². The number of nitrogens with zero attached hydrogens (tertiary/aromatic N) is 6. The zero-order valence-corrected chi connectivity index (χ0v) is 65.9. The monoisotopic (exact) mass is 1580 g/mol. The molecule has 3 aliphatic carbocycles. The summed E-state index contributed by atoms with van der Waals surface area (Å²) < 4.78 is 0. The smallest absolute Gasteiger partial charge is 0.0423 e. The molecule has 0 amide bonds. The molecule has 0 N–H and O–H groups in total. The van der Waals surface area contributed by atoms with Crippen LogP contribution in [0.25, 0.3) is 50.5 Å². The zero-order chi connectivity index (χ0) is 73.1. The number of benzene rings is 12. The SMILES string of the molecule is Cc1ccccc1C1=CN(CCc2ccc(C(C)(c3ccc(CCN4C=C(c5ccccc5C)N(c5[c-]cc6c(c5)C(C)(C)c5ccccc5-6)[CH-]4)cc3)c3ccc(CCN4C=C(c5ccccc5C)N(c5[c-]cc6c(c5)C(C)(C)c5ccccc5-6)[CH-]4)cc3)cc2)[CH-]N1c1[c-]cc2c(c1)C(C)(C)c1ccccc1-2.[Ir]. The number of aryl methyl sites for hydroxylation is 3. The third-order valence-corrected chi connectivity index (χ3v) is 24.5. The maximum absolute atomic E-state index is 3.75. The molecule has 1 radical (unpaired) electrons. The first-order chi connectivity index (χ1) is 51.9. The Kier molecular flexibility index (Phi) is 17.9. The molecule has 6 nitrogen and oxygen atoms in total. The molecule has 12 aromatic carbocycles. The summed E-state index contributed by atoms with van der Waals surface area (Å²) >= 11 is 0. The van der Waals surface area contributed by atoms with Gasteiger partial charge in [0, 0.05) is 42.6 Å². The fourth-order valence-corrected chi connectivity index (χ4v) is 18.1. The quantitative estimate of drug-likeness (QED) is 0.0625. The maximum atomic E-state index is 3.75. The summed E-state index contributed by atoms with van der Waals surface area (Å²) in [6.45, 7) is 32.5. The molecule has 12 aromatic rings. The Bertz CT molecular complexity index is 5030. The Hall–Kier alpha value is -10.7. The minimum Gasteiger partial charge on any atom is -0.507 e. The normalized spacial score (nSPS) is 16.0. The molecule has 18 rings (SSSR count). The summed E-state index contributed by atoms with van der Waals surface area (Å²) in [5, 5.41) is 0. The first-order valence-corrected chi connectivity index (χ1v) is 38.2. The largest absolute Gasteiger partial charge is 0.507 e. The van der Waals surface area contributed by atoms with Gasteiger partial charge in [-0.2, -0.15) is 56.4 Å². The van der Waals surface area contributed by atoms with Crippen molar-refractivity contribution >= 4 is 34.2 Å². The van der Waals surface area contributed by atoms with Crippen LogP contribution in [0.5, 0.6) is 0 Å². The number of hydrogen-bond donors (Lipinski definition) is 0. The summed E-state index contributed by atoms with van der Waals surface area (Å²) in [7, 11) is 0. The molecule has 0 spiro atoms. The van der Waals surface area contributed by atoms with Gasteiger partial charge in [0.1, 0.15) is 0 Å². The van der Waals surface area contributed by atoms with Crippen LogP contribution >= 0.6 is 0 Å². The van der Waals surface area contributed by atoms with Crippen LogP contribution in [0.3, 0.4) is 0 Å². The molecule has 0 fully saturated rings. The molecule has 6 aliphatic rings. The van der Waals surface area contributed by atoms with Gasteiger partial charge in [0.2, 0.25) is 0 Å². The van der Waals surface area contributed by atoms with Gasteiger partial charge in [-0.1, -0.05) is 277 Å². The second-order valence-electron chi connectivity index (χ2n) is 32.1. The standard InChI is InChI=1S/C101H90N6.Ir/c1-68-23-11-14-26-80(68)95-62-102(65-105(95)77-47-50-86-83-29-17-20-32-89(83)98(4,5)92(86)59-77)56-53-71-35-41-74(42-36-71)101(10,75-43-37-72(38-44-75)54-57-103-63-96(81-27-15-12-24-69(81)2)106(66-103)78-48-51-87-84-30-18-21-33-90(84)99(6,7)93(87)60-78)76-45-39-73(40-46-76)55-58-104-64-97(82-28-16-13-25-70(82)3)107(67-104)79-49-52-88-85-31-19-22-34-91(85)100(8,9)94(88)61-79;/h11-46,50-52,59-67H,53-58H2,1-10H3;/q-6;. The van der Waals surface area contributed by atoms with Crippen molar-refractivity contribution in [2.45, 2.75) is 110 Å². The van der Waals surface area contributed by atoms with Gasteiger partial charge in [0.15, 0.2) is 0 Å². The van der Waals surface area contributed by atoms with Crippen LogP contribution in [0.4, 0.5) is 17.1 Å². The van der Waals surface area contributed by atoms with Crippen LogP contribution in [0.15, 0.2) is 273 Å². The van der Waals surface area contributed by atoms with E-state index in [-0.39, 0.29) is 36.4 Å². The van der Waals surface area contributed by atoms with E-state index in [2.05, 4.69) is 410 Å². The van der Waals surface area contributed by atoms with Crippen molar-refractivity contribution < 1.29 is 20.1 Å². The molecule has 0 aromatic heterocycles. The van der Waals surface area contributed by atoms with Crippen LogP contribution in [0, 0.1) is 59.0 Å². The van der Waals surface area contributed by atoms with Crippen LogP contribution in [-0.4, -0.2) is 34.3 Å². The van der Waals surface area contributed by atoms with E-state index in [1.54, 1.807) is 0 Å². The Morgan fingerprint density at radius 2 is 0.556 bits per heavy atom. The van der Waals surface area contributed by atoms with E-state index in [9.17, 15) is 0 Å². The number of hydrogen-bond acceptors (Lipinski definition) is 6. The fourth-order valence-electron chi connectivity index (χ4n) is 18.1. The number of fused-ring (bicyclic) bond motifs is 9. The Balaban J connectivity index is 0.00000854. The molecule has 7 heteroatoms. The third kappa shape index (κ3) is 12.0. The molecule has 0 saturated carbocycles. The first kappa shape index (κ1) is 70.3.